The highest BCUT2D eigenvalue weighted by atomic mass is 16.3. The van der Waals surface area contributed by atoms with E-state index in [1.54, 1.807) is 12.3 Å². The molecule has 3 heteroatoms. The summed E-state index contributed by atoms with van der Waals surface area (Å²) in [7, 11) is 0. The minimum Gasteiger partial charge on any atom is -0.464 e. The molecule has 0 spiro atoms. The lowest BCUT2D eigenvalue weighted by Gasteiger charge is -2.10. The minimum absolute atomic E-state index is 0.0769. The van der Waals surface area contributed by atoms with Gasteiger partial charge in [0, 0.05) is 11.6 Å². The topological polar surface area (TPSA) is 42.2 Å². The van der Waals surface area contributed by atoms with Crippen LogP contribution in [0.4, 0.5) is 0 Å². The third-order valence-electron chi connectivity index (χ3n) is 2.38. The van der Waals surface area contributed by atoms with Crippen LogP contribution < -0.4 is 5.32 Å². The fraction of sp³-hybridized carbons (Fsp3) is 0.214. The molecule has 2 aromatic rings. The highest BCUT2D eigenvalue weighted by Gasteiger charge is 2.14. The van der Waals surface area contributed by atoms with Gasteiger partial charge in [-0.05, 0) is 32.0 Å². The van der Waals surface area contributed by atoms with E-state index >= 15 is 0 Å². The molecule has 1 aromatic heterocycles. The van der Waals surface area contributed by atoms with Crippen molar-refractivity contribution in [3.8, 4) is 11.3 Å². The second-order valence-corrected chi connectivity index (χ2v) is 4.15. The number of carbonyl (C=O) groups is 1. The van der Waals surface area contributed by atoms with E-state index in [0.29, 0.717) is 11.3 Å². The molecule has 1 heterocycles. The Morgan fingerprint density at radius 2 is 1.94 bits per heavy atom. The molecule has 0 aliphatic heterocycles. The Bertz CT molecular complexity index is 501. The number of hydrogen-bond acceptors (Lipinski definition) is 2. The Morgan fingerprint density at radius 1 is 1.18 bits per heavy atom. The lowest BCUT2D eigenvalue weighted by atomic mass is 10.0. The summed E-state index contributed by atoms with van der Waals surface area (Å²) in [4.78, 5) is 12.0. The first kappa shape index (κ1) is 11.5. The number of benzene rings is 1. The van der Waals surface area contributed by atoms with Crippen molar-refractivity contribution in [3.63, 3.8) is 0 Å². The molecule has 88 valence electrons. The monoisotopic (exact) mass is 229 g/mol. The summed E-state index contributed by atoms with van der Waals surface area (Å²) in [5, 5.41) is 2.88. The largest absolute Gasteiger partial charge is 0.464 e. The number of nitrogens with one attached hydrogen (secondary N) is 1. The van der Waals surface area contributed by atoms with Crippen molar-refractivity contribution in [2.24, 2.45) is 0 Å². The summed E-state index contributed by atoms with van der Waals surface area (Å²) in [5.41, 5.74) is 1.45. The number of carbonyl (C=O) groups excluding carboxylic acids is 1. The molecule has 17 heavy (non-hydrogen) atoms. The second kappa shape index (κ2) is 4.87. The molecule has 0 saturated heterocycles. The van der Waals surface area contributed by atoms with Crippen molar-refractivity contribution >= 4 is 5.91 Å². The van der Waals surface area contributed by atoms with Gasteiger partial charge in [-0.3, -0.25) is 4.79 Å². The molecule has 0 saturated carbocycles. The average molecular weight is 229 g/mol. The Balaban J connectivity index is 2.38. The molecule has 0 aliphatic rings. The van der Waals surface area contributed by atoms with E-state index in [0.717, 1.165) is 5.56 Å². The van der Waals surface area contributed by atoms with Crippen molar-refractivity contribution in [1.82, 2.24) is 5.32 Å². The molecule has 0 aliphatic carbocycles. The van der Waals surface area contributed by atoms with E-state index in [9.17, 15) is 4.79 Å². The Labute approximate surface area is 100 Å². The Kier molecular flexibility index (Phi) is 3.28. The highest BCUT2D eigenvalue weighted by Crippen LogP contribution is 2.23. The molecule has 3 nitrogen and oxygen atoms in total. The first-order valence-corrected chi connectivity index (χ1v) is 5.62. The number of amides is 1. The predicted molar refractivity (Wildman–Crippen MR) is 66.7 cm³/mol. The van der Waals surface area contributed by atoms with Crippen LogP contribution in [0.15, 0.2) is 47.1 Å². The molecule has 0 fully saturated rings. The quantitative estimate of drug-likeness (QED) is 0.878. The Hall–Kier alpha value is -2.03. The van der Waals surface area contributed by atoms with Crippen LogP contribution in [0.25, 0.3) is 11.3 Å². The highest BCUT2D eigenvalue weighted by molar-refractivity contribution is 6.00. The summed E-state index contributed by atoms with van der Waals surface area (Å²) in [6, 6.07) is 11.2. The van der Waals surface area contributed by atoms with Crippen LogP contribution in [0, 0.1) is 0 Å². The fourth-order valence-corrected chi connectivity index (χ4v) is 1.67. The lowest BCUT2D eigenvalue weighted by molar-refractivity contribution is 0.0943. The van der Waals surface area contributed by atoms with Crippen LogP contribution in [0.5, 0.6) is 0 Å². The molecule has 1 N–H and O–H groups in total. The second-order valence-electron chi connectivity index (χ2n) is 4.15. The molecular formula is C14H15NO2. The third kappa shape index (κ3) is 2.56. The van der Waals surface area contributed by atoms with E-state index in [1.165, 1.54) is 0 Å². The van der Waals surface area contributed by atoms with Crippen molar-refractivity contribution in [2.75, 3.05) is 0 Å². The molecule has 1 amide bonds. The standard InChI is InChI=1S/C14H15NO2/c1-10(2)15-14(16)12-7-4-3-6-11(12)13-8-5-9-17-13/h3-10H,1-2H3,(H,15,16). The zero-order valence-corrected chi connectivity index (χ0v) is 9.94. The first-order valence-electron chi connectivity index (χ1n) is 5.62. The smallest absolute Gasteiger partial charge is 0.252 e. The fourth-order valence-electron chi connectivity index (χ4n) is 1.67. The molecule has 0 radical (unpaired) electrons. The van der Waals surface area contributed by atoms with Gasteiger partial charge in [-0.1, -0.05) is 18.2 Å². The van der Waals surface area contributed by atoms with Gasteiger partial charge in [0.15, 0.2) is 0 Å². The number of rotatable bonds is 3. The number of furan rings is 1. The van der Waals surface area contributed by atoms with Crippen molar-refractivity contribution in [2.45, 2.75) is 19.9 Å². The van der Waals surface area contributed by atoms with E-state index in [4.69, 9.17) is 4.42 Å². The van der Waals surface area contributed by atoms with Gasteiger partial charge in [-0.2, -0.15) is 0 Å². The van der Waals surface area contributed by atoms with Crippen LogP contribution in [0.2, 0.25) is 0 Å². The van der Waals surface area contributed by atoms with E-state index in [-0.39, 0.29) is 11.9 Å². The summed E-state index contributed by atoms with van der Waals surface area (Å²) in [5.74, 6) is 0.631. The van der Waals surface area contributed by atoms with Gasteiger partial charge in [-0.25, -0.2) is 0 Å². The van der Waals surface area contributed by atoms with Gasteiger partial charge < -0.3 is 9.73 Å². The van der Waals surface area contributed by atoms with Crippen LogP contribution in [0.1, 0.15) is 24.2 Å². The molecule has 0 atom stereocenters. The summed E-state index contributed by atoms with van der Waals surface area (Å²) >= 11 is 0. The lowest BCUT2D eigenvalue weighted by Crippen LogP contribution is -2.30. The summed E-state index contributed by atoms with van der Waals surface area (Å²) < 4.78 is 5.34. The maximum Gasteiger partial charge on any atom is 0.252 e. The summed E-state index contributed by atoms with van der Waals surface area (Å²) in [6.07, 6.45) is 1.60. The minimum atomic E-state index is -0.0769. The molecule has 0 unspecified atom stereocenters. The normalized spacial score (nSPS) is 10.5. The molecule has 0 bridgehead atoms. The van der Waals surface area contributed by atoms with E-state index in [1.807, 2.05) is 44.2 Å². The molecule has 1 aromatic carbocycles. The van der Waals surface area contributed by atoms with E-state index < -0.39 is 0 Å². The van der Waals surface area contributed by atoms with Crippen LogP contribution >= 0.6 is 0 Å². The van der Waals surface area contributed by atoms with Crippen LogP contribution in [0.3, 0.4) is 0 Å². The number of hydrogen-bond donors (Lipinski definition) is 1. The van der Waals surface area contributed by atoms with Gasteiger partial charge in [0.25, 0.3) is 5.91 Å². The maximum atomic E-state index is 12.0. The van der Waals surface area contributed by atoms with Crippen LogP contribution in [-0.2, 0) is 0 Å². The van der Waals surface area contributed by atoms with Crippen molar-refractivity contribution in [3.05, 3.63) is 48.2 Å². The first-order chi connectivity index (χ1) is 8.18. The van der Waals surface area contributed by atoms with Gasteiger partial charge in [-0.15, -0.1) is 0 Å². The zero-order valence-electron chi connectivity index (χ0n) is 9.94. The van der Waals surface area contributed by atoms with E-state index in [2.05, 4.69) is 5.32 Å². The van der Waals surface area contributed by atoms with Gasteiger partial charge in [0.2, 0.25) is 0 Å². The molecular weight excluding hydrogens is 214 g/mol. The van der Waals surface area contributed by atoms with Gasteiger partial charge in [0.1, 0.15) is 5.76 Å². The predicted octanol–water partition coefficient (Wildman–Crippen LogP) is 3.08. The van der Waals surface area contributed by atoms with Crippen molar-refractivity contribution in [1.29, 1.82) is 0 Å². The van der Waals surface area contributed by atoms with Gasteiger partial charge in [0.05, 0.1) is 11.8 Å². The molecule has 2 rings (SSSR count). The maximum absolute atomic E-state index is 12.0. The SMILES string of the molecule is CC(C)NC(=O)c1ccccc1-c1ccco1. The Morgan fingerprint density at radius 3 is 2.59 bits per heavy atom. The average Bonchev–Trinajstić information content (AvgIpc) is 2.81. The van der Waals surface area contributed by atoms with Crippen molar-refractivity contribution < 1.29 is 9.21 Å². The third-order valence-corrected chi connectivity index (χ3v) is 2.38. The zero-order chi connectivity index (χ0) is 12.3. The van der Waals surface area contributed by atoms with Crippen LogP contribution in [-0.4, -0.2) is 11.9 Å². The van der Waals surface area contributed by atoms with Gasteiger partial charge >= 0.3 is 0 Å². The summed E-state index contributed by atoms with van der Waals surface area (Å²) in [6.45, 7) is 3.88.